The van der Waals surface area contributed by atoms with E-state index in [4.69, 9.17) is 9.72 Å². The van der Waals surface area contributed by atoms with Crippen LogP contribution in [0.5, 0.6) is 5.75 Å². The van der Waals surface area contributed by atoms with Crippen LogP contribution in [-0.2, 0) is 6.42 Å². The van der Waals surface area contributed by atoms with E-state index in [0.29, 0.717) is 12.0 Å². The van der Waals surface area contributed by atoms with Crippen LogP contribution in [0.4, 0.5) is 11.8 Å². The molecule has 3 aromatic rings. The minimum atomic E-state index is 0.513. The highest BCUT2D eigenvalue weighted by atomic mass is 16.5. The number of anilines is 2. The number of nitrogens with one attached hydrogen (secondary N) is 2. The number of fused-ring (bicyclic) bond motifs is 1. The molecule has 1 aromatic carbocycles. The third kappa shape index (κ3) is 3.89. The predicted molar refractivity (Wildman–Crippen MR) is 122 cm³/mol. The van der Waals surface area contributed by atoms with Gasteiger partial charge in [0.2, 0.25) is 5.95 Å². The molecule has 0 saturated carbocycles. The number of likely N-dealkylation sites (N-methyl/N-ethyl adjacent to an activating group) is 1. The molecule has 0 spiro atoms. The lowest BCUT2D eigenvalue weighted by Gasteiger charge is -2.21. The Morgan fingerprint density at radius 1 is 1.27 bits per heavy atom. The average Bonchev–Trinajstić information content (AvgIpc) is 3.20. The third-order valence-electron chi connectivity index (χ3n) is 5.95. The van der Waals surface area contributed by atoms with Crippen LogP contribution in [0.25, 0.3) is 22.2 Å². The van der Waals surface area contributed by atoms with Gasteiger partial charge in [0.25, 0.3) is 0 Å². The first-order valence-electron chi connectivity index (χ1n) is 10.6. The second kappa shape index (κ2) is 8.83. The van der Waals surface area contributed by atoms with Crippen molar-refractivity contribution in [3.8, 4) is 17.0 Å². The Morgan fingerprint density at radius 2 is 2.13 bits per heavy atom. The molecular weight excluding hydrogens is 376 g/mol. The molecule has 0 aliphatic carbocycles. The summed E-state index contributed by atoms with van der Waals surface area (Å²) in [6.45, 7) is 4.13. The zero-order valence-electron chi connectivity index (χ0n) is 18.2. The molecule has 7 nitrogen and oxygen atoms in total. The SMILES string of the molecule is CCc1c(OC)cccc1-c1cc2cnc(NC)nc2c(NCC2CCCN2C)n1. The Hall–Kier alpha value is -2.93. The van der Waals surface area contributed by atoms with Gasteiger partial charge in [-0.1, -0.05) is 19.1 Å². The summed E-state index contributed by atoms with van der Waals surface area (Å²) in [5, 5.41) is 7.58. The molecule has 7 heteroatoms. The molecule has 2 N–H and O–H groups in total. The van der Waals surface area contributed by atoms with Crippen LogP contribution in [-0.4, -0.2) is 60.2 Å². The van der Waals surface area contributed by atoms with Gasteiger partial charge in [0.15, 0.2) is 5.82 Å². The number of benzene rings is 1. The highest BCUT2D eigenvalue weighted by Crippen LogP contribution is 2.33. The first-order chi connectivity index (χ1) is 14.6. The van der Waals surface area contributed by atoms with Crippen molar-refractivity contribution < 1.29 is 4.74 Å². The van der Waals surface area contributed by atoms with Crippen LogP contribution in [0.2, 0.25) is 0 Å². The van der Waals surface area contributed by atoms with Crippen molar-refractivity contribution in [1.82, 2.24) is 19.9 Å². The summed E-state index contributed by atoms with van der Waals surface area (Å²) in [7, 11) is 5.73. The number of nitrogens with zero attached hydrogens (tertiary/aromatic N) is 4. The second-order valence-corrected chi connectivity index (χ2v) is 7.74. The Labute approximate surface area is 177 Å². The van der Waals surface area contributed by atoms with Gasteiger partial charge in [-0.3, -0.25) is 0 Å². The summed E-state index contributed by atoms with van der Waals surface area (Å²) in [4.78, 5) is 16.5. The van der Waals surface area contributed by atoms with Crippen LogP contribution >= 0.6 is 0 Å². The van der Waals surface area contributed by atoms with Gasteiger partial charge < -0.3 is 20.3 Å². The number of pyridine rings is 1. The normalized spacial score (nSPS) is 16.7. The molecule has 0 bridgehead atoms. The molecule has 0 amide bonds. The first kappa shape index (κ1) is 20.3. The summed E-state index contributed by atoms with van der Waals surface area (Å²) in [6, 6.07) is 8.70. The van der Waals surface area contributed by atoms with E-state index in [1.165, 1.54) is 12.8 Å². The quantitative estimate of drug-likeness (QED) is 0.618. The van der Waals surface area contributed by atoms with Crippen molar-refractivity contribution in [1.29, 1.82) is 0 Å². The van der Waals surface area contributed by atoms with Crippen molar-refractivity contribution in [2.45, 2.75) is 32.2 Å². The van der Waals surface area contributed by atoms with E-state index in [1.54, 1.807) is 7.11 Å². The Kier molecular flexibility index (Phi) is 5.99. The maximum absolute atomic E-state index is 5.59. The topological polar surface area (TPSA) is 75.2 Å². The molecule has 3 heterocycles. The Morgan fingerprint density at radius 3 is 2.83 bits per heavy atom. The van der Waals surface area contributed by atoms with Crippen molar-refractivity contribution in [3.63, 3.8) is 0 Å². The van der Waals surface area contributed by atoms with Crippen molar-refractivity contribution in [3.05, 3.63) is 36.0 Å². The highest BCUT2D eigenvalue weighted by molar-refractivity contribution is 5.92. The van der Waals surface area contributed by atoms with Crippen molar-refractivity contribution in [2.24, 2.45) is 0 Å². The lowest BCUT2D eigenvalue weighted by molar-refractivity contribution is 0.322. The maximum Gasteiger partial charge on any atom is 0.223 e. The maximum atomic E-state index is 5.59. The van der Waals surface area contributed by atoms with E-state index in [2.05, 4.69) is 51.6 Å². The number of methoxy groups -OCH3 is 1. The van der Waals surface area contributed by atoms with Gasteiger partial charge in [-0.25, -0.2) is 15.0 Å². The van der Waals surface area contributed by atoms with E-state index in [0.717, 1.165) is 58.8 Å². The number of hydrogen-bond donors (Lipinski definition) is 2. The zero-order valence-corrected chi connectivity index (χ0v) is 18.2. The number of hydrogen-bond acceptors (Lipinski definition) is 7. The largest absolute Gasteiger partial charge is 0.496 e. The summed E-state index contributed by atoms with van der Waals surface area (Å²) in [6.07, 6.45) is 5.17. The first-order valence-corrected chi connectivity index (χ1v) is 10.6. The van der Waals surface area contributed by atoms with Gasteiger partial charge >= 0.3 is 0 Å². The number of rotatable bonds is 7. The average molecular weight is 407 g/mol. The fourth-order valence-corrected chi connectivity index (χ4v) is 4.23. The number of aromatic nitrogens is 3. The molecular formula is C23H30N6O. The minimum Gasteiger partial charge on any atom is -0.496 e. The summed E-state index contributed by atoms with van der Waals surface area (Å²) >= 11 is 0. The molecule has 1 fully saturated rings. The molecule has 0 radical (unpaired) electrons. The summed E-state index contributed by atoms with van der Waals surface area (Å²) in [5.74, 6) is 2.28. The second-order valence-electron chi connectivity index (χ2n) is 7.74. The lowest BCUT2D eigenvalue weighted by atomic mass is 10.00. The van der Waals surface area contributed by atoms with Gasteiger partial charge in [-0.2, -0.15) is 0 Å². The standard InChI is InChI=1S/C23H30N6O/c1-5-17-18(9-6-10-20(17)30-4)19-12-15-13-26-23(24-2)28-21(15)22(27-19)25-14-16-8-7-11-29(16)3/h6,9-10,12-13,16H,5,7-8,11,14H2,1-4H3,(H,25,27)(H,24,26,28). The van der Waals surface area contributed by atoms with Gasteiger partial charge in [-0.15, -0.1) is 0 Å². The van der Waals surface area contributed by atoms with Gasteiger partial charge in [0.1, 0.15) is 11.3 Å². The third-order valence-corrected chi connectivity index (χ3v) is 5.95. The highest BCUT2D eigenvalue weighted by Gasteiger charge is 2.21. The fraction of sp³-hybridized carbons (Fsp3) is 0.435. The molecule has 1 atom stereocenters. The Balaban J connectivity index is 1.80. The van der Waals surface area contributed by atoms with Gasteiger partial charge in [-0.05, 0) is 45.0 Å². The molecule has 1 saturated heterocycles. The lowest BCUT2D eigenvalue weighted by Crippen LogP contribution is -2.31. The van der Waals surface area contributed by atoms with Crippen LogP contribution in [0.3, 0.4) is 0 Å². The summed E-state index contributed by atoms with van der Waals surface area (Å²) < 4.78 is 5.59. The number of likely N-dealkylation sites (tertiary alicyclic amines) is 1. The molecule has 2 aromatic heterocycles. The Bertz CT molecular complexity index is 1040. The number of ether oxygens (including phenoxy) is 1. The van der Waals surface area contributed by atoms with Gasteiger partial charge in [0, 0.05) is 42.3 Å². The van der Waals surface area contributed by atoms with Crippen LogP contribution in [0, 0.1) is 0 Å². The van der Waals surface area contributed by atoms with Crippen LogP contribution in [0.1, 0.15) is 25.3 Å². The smallest absolute Gasteiger partial charge is 0.223 e. The van der Waals surface area contributed by atoms with E-state index in [1.807, 2.05) is 25.4 Å². The zero-order chi connectivity index (χ0) is 21.1. The predicted octanol–water partition coefficient (Wildman–Crippen LogP) is 3.81. The monoisotopic (exact) mass is 406 g/mol. The molecule has 30 heavy (non-hydrogen) atoms. The molecule has 158 valence electrons. The molecule has 4 rings (SSSR count). The van der Waals surface area contributed by atoms with E-state index in [-0.39, 0.29) is 0 Å². The minimum absolute atomic E-state index is 0.513. The van der Waals surface area contributed by atoms with Crippen molar-refractivity contribution >= 4 is 22.7 Å². The van der Waals surface area contributed by atoms with Gasteiger partial charge in [0.05, 0.1) is 12.8 Å². The van der Waals surface area contributed by atoms with Crippen LogP contribution in [0.15, 0.2) is 30.5 Å². The van der Waals surface area contributed by atoms with Crippen molar-refractivity contribution in [2.75, 3.05) is 44.9 Å². The summed E-state index contributed by atoms with van der Waals surface area (Å²) in [5.41, 5.74) is 3.97. The fourth-order valence-electron chi connectivity index (χ4n) is 4.23. The molecule has 1 aliphatic heterocycles. The van der Waals surface area contributed by atoms with E-state index >= 15 is 0 Å². The molecule has 1 unspecified atom stereocenters. The van der Waals surface area contributed by atoms with E-state index < -0.39 is 0 Å². The van der Waals surface area contributed by atoms with E-state index in [9.17, 15) is 0 Å². The molecule has 1 aliphatic rings. The van der Waals surface area contributed by atoms with Crippen LogP contribution < -0.4 is 15.4 Å².